The van der Waals surface area contributed by atoms with Crippen molar-refractivity contribution in [2.75, 3.05) is 19.0 Å². The van der Waals surface area contributed by atoms with Crippen LogP contribution in [0.3, 0.4) is 0 Å². The Morgan fingerprint density at radius 3 is 3.00 bits per heavy atom. The normalized spacial score (nSPS) is 10.6. The summed E-state index contributed by atoms with van der Waals surface area (Å²) in [7, 11) is 0. The lowest BCUT2D eigenvalue weighted by atomic mass is 10.8. The van der Waals surface area contributed by atoms with Gasteiger partial charge in [-0.25, -0.2) is 0 Å². The number of ether oxygens (including phenoxy) is 1. The maximum atomic E-state index is 5.21. The second kappa shape index (κ2) is 6.64. The van der Waals surface area contributed by atoms with Crippen LogP contribution in [-0.2, 0) is 10.5 Å². The summed E-state index contributed by atoms with van der Waals surface area (Å²) < 4.78 is 6.21. The minimum absolute atomic E-state index is 0.670. The molecule has 0 N–H and O–H groups in total. The van der Waals surface area contributed by atoms with Crippen LogP contribution in [0.4, 0.5) is 0 Å². The van der Waals surface area contributed by atoms with Crippen LogP contribution in [-0.4, -0.2) is 29.2 Å². The fraction of sp³-hybridized carbons (Fsp3) is 0.714. The van der Waals surface area contributed by atoms with Crippen LogP contribution >= 0.6 is 35.7 Å². The topological polar surface area (TPSA) is 35.0 Å². The quantitative estimate of drug-likeness (QED) is 0.466. The zero-order chi connectivity index (χ0) is 9.52. The highest BCUT2D eigenvalue weighted by molar-refractivity contribution is 8.01. The van der Waals surface area contributed by atoms with E-state index >= 15 is 0 Å². The lowest BCUT2D eigenvalue weighted by Crippen LogP contribution is -1.95. The van der Waals surface area contributed by atoms with E-state index in [-0.39, 0.29) is 0 Å². The van der Waals surface area contributed by atoms with Gasteiger partial charge in [-0.1, -0.05) is 23.1 Å². The van der Waals surface area contributed by atoms with Gasteiger partial charge in [-0.2, -0.15) is 12.6 Å². The highest BCUT2D eigenvalue weighted by Gasteiger charge is 2.02. The second-order valence-electron chi connectivity index (χ2n) is 2.17. The lowest BCUT2D eigenvalue weighted by Gasteiger charge is -1.96. The average molecular weight is 236 g/mol. The summed E-state index contributed by atoms with van der Waals surface area (Å²) in [6.45, 7) is 3.55. The number of thioether (sulfide) groups is 1. The highest BCUT2D eigenvalue weighted by atomic mass is 32.2. The smallest absolute Gasteiger partial charge is 0.174 e. The average Bonchev–Trinajstić information content (AvgIpc) is 2.60. The van der Waals surface area contributed by atoms with E-state index in [4.69, 9.17) is 4.74 Å². The van der Waals surface area contributed by atoms with Crippen LogP contribution < -0.4 is 0 Å². The number of hydrogen-bond acceptors (Lipinski definition) is 6. The fourth-order valence-electron chi connectivity index (χ4n) is 0.693. The molecule has 1 aromatic heterocycles. The predicted molar refractivity (Wildman–Crippen MR) is 59.8 cm³/mol. The van der Waals surface area contributed by atoms with E-state index in [0.717, 1.165) is 28.3 Å². The maximum Gasteiger partial charge on any atom is 0.174 e. The molecule has 6 heteroatoms. The molecule has 0 unspecified atom stereocenters. The number of hydrogen-bond donors (Lipinski definition) is 1. The maximum absolute atomic E-state index is 5.21. The van der Waals surface area contributed by atoms with Crippen molar-refractivity contribution in [3.63, 3.8) is 0 Å². The third-order valence-electron chi connectivity index (χ3n) is 1.24. The Bertz CT molecular complexity index is 241. The van der Waals surface area contributed by atoms with Crippen molar-refractivity contribution in [2.24, 2.45) is 0 Å². The van der Waals surface area contributed by atoms with Gasteiger partial charge in [-0.05, 0) is 6.92 Å². The first-order chi connectivity index (χ1) is 6.36. The molecule has 0 saturated heterocycles. The van der Waals surface area contributed by atoms with Gasteiger partial charge in [0.05, 0.1) is 6.61 Å². The predicted octanol–water partition coefficient (Wildman–Crippen LogP) is 2.10. The SMILES string of the molecule is CCOCCSc1nnc(CS)s1. The van der Waals surface area contributed by atoms with Crippen LogP contribution in [0, 0.1) is 0 Å². The number of nitrogens with zero attached hydrogens (tertiary/aromatic N) is 2. The largest absolute Gasteiger partial charge is 0.381 e. The molecule has 0 spiro atoms. The van der Waals surface area contributed by atoms with Gasteiger partial charge in [0, 0.05) is 18.1 Å². The van der Waals surface area contributed by atoms with Crippen LogP contribution in [0.15, 0.2) is 4.34 Å². The van der Waals surface area contributed by atoms with Crippen molar-refractivity contribution < 1.29 is 4.74 Å². The first-order valence-corrected chi connectivity index (χ1v) is 6.44. The Balaban J connectivity index is 2.20. The van der Waals surface area contributed by atoms with Crippen LogP contribution in [0.2, 0.25) is 0 Å². The van der Waals surface area contributed by atoms with Crippen molar-refractivity contribution >= 4 is 35.7 Å². The summed E-state index contributed by atoms with van der Waals surface area (Å²) in [5.74, 6) is 1.61. The first kappa shape index (κ1) is 11.3. The molecule has 0 aliphatic carbocycles. The lowest BCUT2D eigenvalue weighted by molar-refractivity contribution is 0.164. The fourth-order valence-corrected chi connectivity index (χ4v) is 2.63. The van der Waals surface area contributed by atoms with Crippen LogP contribution in [0.25, 0.3) is 0 Å². The van der Waals surface area contributed by atoms with Gasteiger partial charge in [-0.3, -0.25) is 0 Å². The van der Waals surface area contributed by atoms with E-state index in [0.29, 0.717) is 5.75 Å². The van der Waals surface area contributed by atoms with Crippen molar-refractivity contribution in [2.45, 2.75) is 17.0 Å². The van der Waals surface area contributed by atoms with Crippen LogP contribution in [0.1, 0.15) is 11.9 Å². The molecule has 0 aliphatic heterocycles. The molecule has 3 nitrogen and oxygen atoms in total. The van der Waals surface area contributed by atoms with Gasteiger partial charge in [0.1, 0.15) is 5.01 Å². The zero-order valence-corrected chi connectivity index (χ0v) is 9.92. The van der Waals surface area contributed by atoms with E-state index in [1.165, 1.54) is 0 Å². The summed E-state index contributed by atoms with van der Waals surface area (Å²) in [6, 6.07) is 0. The first-order valence-electron chi connectivity index (χ1n) is 4.00. The van der Waals surface area contributed by atoms with Crippen molar-refractivity contribution in [1.82, 2.24) is 10.2 Å². The molecule has 13 heavy (non-hydrogen) atoms. The molecule has 0 radical (unpaired) electrons. The summed E-state index contributed by atoms with van der Waals surface area (Å²) in [4.78, 5) is 0. The Morgan fingerprint density at radius 2 is 2.38 bits per heavy atom. The molecular weight excluding hydrogens is 224 g/mol. The molecule has 74 valence electrons. The number of aromatic nitrogens is 2. The molecule has 0 saturated carbocycles. The van der Waals surface area contributed by atoms with Gasteiger partial charge in [-0.15, -0.1) is 10.2 Å². The van der Waals surface area contributed by atoms with Gasteiger partial charge in [0.15, 0.2) is 4.34 Å². The molecule has 0 bridgehead atoms. The molecule has 1 rings (SSSR count). The van der Waals surface area contributed by atoms with E-state index in [2.05, 4.69) is 22.8 Å². The Hall–Kier alpha value is 0.220. The molecule has 1 aromatic rings. The molecule has 0 atom stereocenters. The summed E-state index contributed by atoms with van der Waals surface area (Å²) in [5.41, 5.74) is 0. The molecule has 0 amide bonds. The monoisotopic (exact) mass is 236 g/mol. The molecule has 0 aromatic carbocycles. The van der Waals surface area contributed by atoms with E-state index < -0.39 is 0 Å². The minimum Gasteiger partial charge on any atom is -0.381 e. The van der Waals surface area contributed by atoms with E-state index in [1.807, 2.05) is 6.92 Å². The molecule has 0 fully saturated rings. The van der Waals surface area contributed by atoms with Crippen molar-refractivity contribution in [3.05, 3.63) is 5.01 Å². The Morgan fingerprint density at radius 1 is 1.54 bits per heavy atom. The Labute approximate surface area is 91.7 Å². The van der Waals surface area contributed by atoms with E-state index in [9.17, 15) is 0 Å². The summed E-state index contributed by atoms with van der Waals surface area (Å²) in [5, 5.41) is 8.95. The Kier molecular flexibility index (Phi) is 5.77. The standard InChI is InChI=1S/C7H12N2OS3/c1-2-10-3-4-12-7-9-8-6(5-11)13-7/h11H,2-5H2,1H3. The second-order valence-corrected chi connectivity index (χ2v) is 4.89. The molecule has 0 aliphatic rings. The minimum atomic E-state index is 0.670. The zero-order valence-electron chi connectivity index (χ0n) is 7.39. The third kappa shape index (κ3) is 4.30. The van der Waals surface area contributed by atoms with Gasteiger partial charge in [0.25, 0.3) is 0 Å². The third-order valence-corrected chi connectivity index (χ3v) is 3.78. The summed E-state index contributed by atoms with van der Waals surface area (Å²) >= 11 is 7.40. The highest BCUT2D eigenvalue weighted by Crippen LogP contribution is 2.22. The summed E-state index contributed by atoms with van der Waals surface area (Å²) in [6.07, 6.45) is 0. The van der Waals surface area contributed by atoms with Gasteiger partial charge < -0.3 is 4.74 Å². The van der Waals surface area contributed by atoms with Gasteiger partial charge >= 0.3 is 0 Å². The molecule has 1 heterocycles. The molecular formula is C7H12N2OS3. The van der Waals surface area contributed by atoms with E-state index in [1.54, 1.807) is 23.1 Å². The number of thiol groups is 1. The van der Waals surface area contributed by atoms with Crippen molar-refractivity contribution in [3.8, 4) is 0 Å². The van der Waals surface area contributed by atoms with Gasteiger partial charge in [0.2, 0.25) is 0 Å². The number of rotatable bonds is 6. The van der Waals surface area contributed by atoms with Crippen molar-refractivity contribution in [1.29, 1.82) is 0 Å². The van der Waals surface area contributed by atoms with Crippen LogP contribution in [0.5, 0.6) is 0 Å².